The molecular weight excluding hydrogens is 218 g/mol. The molecule has 0 saturated heterocycles. The SMILES string of the molecule is CCOC(=O)CCC(=O)NCC(O)C(=O)O. The molecule has 0 aliphatic heterocycles. The quantitative estimate of drug-likeness (QED) is 0.481. The van der Waals surface area contributed by atoms with Gasteiger partial charge in [0.15, 0.2) is 6.10 Å². The molecule has 0 saturated carbocycles. The number of carbonyl (C=O) groups is 3. The number of amides is 1. The van der Waals surface area contributed by atoms with Gasteiger partial charge in [-0.1, -0.05) is 0 Å². The number of nitrogens with one attached hydrogen (secondary N) is 1. The van der Waals surface area contributed by atoms with E-state index in [9.17, 15) is 14.4 Å². The van der Waals surface area contributed by atoms with E-state index in [0.29, 0.717) is 0 Å². The van der Waals surface area contributed by atoms with E-state index in [0.717, 1.165) is 0 Å². The maximum atomic E-state index is 11.1. The van der Waals surface area contributed by atoms with Crippen LogP contribution in [0.1, 0.15) is 19.8 Å². The summed E-state index contributed by atoms with van der Waals surface area (Å²) >= 11 is 0. The minimum Gasteiger partial charge on any atom is -0.479 e. The minimum atomic E-state index is -1.63. The molecule has 0 aliphatic rings. The van der Waals surface area contributed by atoms with Gasteiger partial charge in [-0.2, -0.15) is 0 Å². The lowest BCUT2D eigenvalue weighted by Crippen LogP contribution is -2.36. The molecule has 0 fully saturated rings. The van der Waals surface area contributed by atoms with Crippen molar-refractivity contribution in [3.05, 3.63) is 0 Å². The molecule has 0 heterocycles. The lowest BCUT2D eigenvalue weighted by molar-refractivity contribution is -0.147. The number of aliphatic hydroxyl groups is 1. The van der Waals surface area contributed by atoms with Crippen molar-refractivity contribution in [2.75, 3.05) is 13.2 Å². The molecule has 92 valence electrons. The fourth-order valence-corrected chi connectivity index (χ4v) is 0.835. The maximum absolute atomic E-state index is 11.1. The van der Waals surface area contributed by atoms with Gasteiger partial charge in [0.2, 0.25) is 5.91 Å². The summed E-state index contributed by atoms with van der Waals surface area (Å²) in [7, 11) is 0. The molecule has 0 rings (SSSR count). The van der Waals surface area contributed by atoms with Crippen molar-refractivity contribution >= 4 is 17.8 Å². The molecule has 0 aromatic rings. The molecule has 0 spiro atoms. The van der Waals surface area contributed by atoms with E-state index >= 15 is 0 Å². The Kier molecular flexibility index (Phi) is 6.86. The predicted octanol–water partition coefficient (Wildman–Crippen LogP) is -1.11. The van der Waals surface area contributed by atoms with Gasteiger partial charge >= 0.3 is 11.9 Å². The van der Waals surface area contributed by atoms with Gasteiger partial charge in [-0.3, -0.25) is 9.59 Å². The fraction of sp³-hybridized carbons (Fsp3) is 0.667. The second-order valence-electron chi connectivity index (χ2n) is 2.96. The first kappa shape index (κ1) is 14.4. The number of ether oxygens (including phenoxy) is 1. The maximum Gasteiger partial charge on any atom is 0.334 e. The van der Waals surface area contributed by atoms with Crippen LogP contribution in [0.3, 0.4) is 0 Å². The molecule has 1 unspecified atom stereocenters. The van der Waals surface area contributed by atoms with Crippen LogP contribution >= 0.6 is 0 Å². The largest absolute Gasteiger partial charge is 0.479 e. The van der Waals surface area contributed by atoms with Crippen LogP contribution in [-0.4, -0.2) is 47.3 Å². The lowest BCUT2D eigenvalue weighted by Gasteiger charge is -2.07. The Hall–Kier alpha value is -1.63. The second-order valence-corrected chi connectivity index (χ2v) is 2.96. The average molecular weight is 233 g/mol. The molecule has 0 radical (unpaired) electrons. The van der Waals surface area contributed by atoms with Gasteiger partial charge in [0.25, 0.3) is 0 Å². The summed E-state index contributed by atoms with van der Waals surface area (Å²) in [5, 5.41) is 19.3. The van der Waals surface area contributed by atoms with Gasteiger partial charge in [0, 0.05) is 6.42 Å². The molecule has 0 bridgehead atoms. The summed E-state index contributed by atoms with van der Waals surface area (Å²) < 4.78 is 4.59. The Morgan fingerprint density at radius 2 is 1.94 bits per heavy atom. The van der Waals surface area contributed by atoms with Crippen molar-refractivity contribution in [1.82, 2.24) is 5.32 Å². The van der Waals surface area contributed by atoms with Gasteiger partial charge in [-0.25, -0.2) is 4.79 Å². The van der Waals surface area contributed by atoms with Crippen molar-refractivity contribution in [1.29, 1.82) is 0 Å². The minimum absolute atomic E-state index is 0.0666. The average Bonchev–Trinajstić information content (AvgIpc) is 2.23. The number of hydrogen-bond donors (Lipinski definition) is 3. The molecule has 3 N–H and O–H groups in total. The van der Waals surface area contributed by atoms with Gasteiger partial charge in [0.1, 0.15) is 0 Å². The molecule has 0 aliphatic carbocycles. The summed E-state index contributed by atoms with van der Waals surface area (Å²) in [6, 6.07) is 0. The number of carboxylic acids is 1. The zero-order valence-corrected chi connectivity index (χ0v) is 8.93. The number of carbonyl (C=O) groups excluding carboxylic acids is 2. The van der Waals surface area contributed by atoms with Crippen LogP contribution in [-0.2, 0) is 19.1 Å². The lowest BCUT2D eigenvalue weighted by atomic mass is 10.3. The zero-order chi connectivity index (χ0) is 12.6. The molecule has 7 heteroatoms. The summed E-state index contributed by atoms with van der Waals surface area (Å²) in [6.45, 7) is 1.52. The molecule has 16 heavy (non-hydrogen) atoms. The molecule has 7 nitrogen and oxygen atoms in total. The highest BCUT2D eigenvalue weighted by Gasteiger charge is 2.14. The highest BCUT2D eigenvalue weighted by Crippen LogP contribution is 1.93. The van der Waals surface area contributed by atoms with Crippen LogP contribution in [0.25, 0.3) is 0 Å². The van der Waals surface area contributed by atoms with Crippen LogP contribution in [0, 0.1) is 0 Å². The summed E-state index contributed by atoms with van der Waals surface area (Å²) in [5.41, 5.74) is 0. The summed E-state index contributed by atoms with van der Waals surface area (Å²) in [5.74, 6) is -2.41. The number of esters is 1. The van der Waals surface area contributed by atoms with Crippen molar-refractivity contribution < 1.29 is 29.3 Å². The second kappa shape index (κ2) is 7.63. The van der Waals surface area contributed by atoms with Crippen LogP contribution in [0.5, 0.6) is 0 Å². The Balaban J connectivity index is 3.67. The Labute approximate surface area is 92.4 Å². The van der Waals surface area contributed by atoms with Crippen molar-refractivity contribution in [3.8, 4) is 0 Å². The number of aliphatic carboxylic acids is 1. The van der Waals surface area contributed by atoms with Crippen molar-refractivity contribution in [2.24, 2.45) is 0 Å². The van der Waals surface area contributed by atoms with E-state index in [1.54, 1.807) is 6.92 Å². The first-order chi connectivity index (χ1) is 7.47. The summed E-state index contributed by atoms with van der Waals surface area (Å²) in [6.07, 6.45) is -1.79. The van der Waals surface area contributed by atoms with Crippen molar-refractivity contribution in [3.63, 3.8) is 0 Å². The molecule has 1 atom stereocenters. The first-order valence-corrected chi connectivity index (χ1v) is 4.80. The van der Waals surface area contributed by atoms with E-state index in [-0.39, 0.29) is 26.0 Å². The Morgan fingerprint density at radius 1 is 1.31 bits per heavy atom. The van der Waals surface area contributed by atoms with Crippen LogP contribution < -0.4 is 5.32 Å². The third-order valence-corrected chi connectivity index (χ3v) is 1.64. The number of aliphatic hydroxyl groups excluding tert-OH is 1. The van der Waals surface area contributed by atoms with Gasteiger partial charge in [-0.15, -0.1) is 0 Å². The number of hydrogen-bond acceptors (Lipinski definition) is 5. The normalized spacial score (nSPS) is 11.6. The molecular formula is C9H15NO6. The third kappa shape index (κ3) is 6.77. The van der Waals surface area contributed by atoms with Crippen LogP contribution in [0.2, 0.25) is 0 Å². The Morgan fingerprint density at radius 3 is 2.44 bits per heavy atom. The van der Waals surface area contributed by atoms with Gasteiger partial charge < -0.3 is 20.3 Å². The van der Waals surface area contributed by atoms with Crippen molar-refractivity contribution in [2.45, 2.75) is 25.9 Å². The van der Waals surface area contributed by atoms with E-state index in [1.165, 1.54) is 0 Å². The summed E-state index contributed by atoms with van der Waals surface area (Å²) in [4.78, 5) is 32.1. The Bertz CT molecular complexity index is 265. The molecule has 1 amide bonds. The van der Waals surface area contributed by atoms with E-state index < -0.39 is 23.9 Å². The smallest absolute Gasteiger partial charge is 0.334 e. The first-order valence-electron chi connectivity index (χ1n) is 4.80. The highest BCUT2D eigenvalue weighted by atomic mass is 16.5. The van der Waals surface area contributed by atoms with Gasteiger partial charge in [0.05, 0.1) is 19.6 Å². The third-order valence-electron chi connectivity index (χ3n) is 1.64. The standard InChI is InChI=1S/C9H15NO6/c1-2-16-8(13)4-3-7(12)10-5-6(11)9(14)15/h6,11H,2-5H2,1H3,(H,10,12)(H,14,15). The van der Waals surface area contributed by atoms with Gasteiger partial charge in [-0.05, 0) is 6.92 Å². The number of rotatable bonds is 7. The molecule has 0 aromatic heterocycles. The van der Waals surface area contributed by atoms with Crippen LogP contribution in [0.15, 0.2) is 0 Å². The van der Waals surface area contributed by atoms with E-state index in [1.807, 2.05) is 0 Å². The molecule has 0 aromatic carbocycles. The van der Waals surface area contributed by atoms with Crippen LogP contribution in [0.4, 0.5) is 0 Å². The highest BCUT2D eigenvalue weighted by molar-refractivity contribution is 5.82. The predicted molar refractivity (Wildman–Crippen MR) is 52.5 cm³/mol. The van der Waals surface area contributed by atoms with E-state index in [4.69, 9.17) is 10.2 Å². The topological polar surface area (TPSA) is 113 Å². The van der Waals surface area contributed by atoms with E-state index in [2.05, 4.69) is 10.1 Å². The number of carboxylic acid groups (broad SMARTS) is 1. The monoisotopic (exact) mass is 233 g/mol. The fourth-order valence-electron chi connectivity index (χ4n) is 0.835. The zero-order valence-electron chi connectivity index (χ0n) is 8.93.